The molecule has 1 amide bonds. The summed E-state index contributed by atoms with van der Waals surface area (Å²) in [6.45, 7) is 1.69. The summed E-state index contributed by atoms with van der Waals surface area (Å²) >= 11 is 5.97. The molecule has 0 unspecified atom stereocenters. The molecule has 1 aliphatic rings. The fraction of sp³-hybridized carbons (Fsp3) is 0.286. The molecule has 1 saturated carbocycles. The monoisotopic (exact) mass is 311 g/mol. The lowest BCUT2D eigenvalue weighted by molar-refractivity contribution is 0.0925. The molecule has 1 heterocycles. The summed E-state index contributed by atoms with van der Waals surface area (Å²) in [7, 11) is 0. The van der Waals surface area contributed by atoms with Crippen LogP contribution >= 0.6 is 11.6 Å². The fourth-order valence-corrected chi connectivity index (χ4v) is 2.46. The molecular weight excluding hydrogens is 300 g/mol. The topological polar surface area (TPSA) is 57.8 Å². The Morgan fingerprint density at radius 1 is 1.43 bits per heavy atom. The van der Waals surface area contributed by atoms with Crippen LogP contribution in [0.5, 0.6) is 0 Å². The van der Waals surface area contributed by atoms with E-state index in [1.807, 2.05) is 0 Å². The Morgan fingerprint density at radius 3 is 2.71 bits per heavy atom. The van der Waals surface area contributed by atoms with Crippen molar-refractivity contribution in [2.24, 2.45) is 0 Å². The Kier molecular flexibility index (Phi) is 3.20. The molecule has 0 aliphatic heterocycles. The lowest BCUT2D eigenvalue weighted by Crippen LogP contribution is -2.36. The third kappa shape index (κ3) is 2.40. The van der Waals surface area contributed by atoms with Crippen LogP contribution in [0.15, 0.2) is 18.2 Å². The molecule has 0 bridgehead atoms. The van der Waals surface area contributed by atoms with E-state index < -0.39 is 23.1 Å². The molecule has 1 fully saturated rings. The number of benzene rings is 1. The van der Waals surface area contributed by atoms with Crippen LogP contribution in [0.2, 0.25) is 5.02 Å². The van der Waals surface area contributed by atoms with Crippen molar-refractivity contribution >= 4 is 17.5 Å². The Bertz CT molecular complexity index is 725. The Balaban J connectivity index is 1.89. The molecule has 3 rings (SSSR count). The Labute approximate surface area is 124 Å². The second-order valence-electron chi connectivity index (χ2n) is 5.17. The van der Waals surface area contributed by atoms with Crippen LogP contribution < -0.4 is 5.32 Å². The first kappa shape index (κ1) is 14.0. The minimum Gasteiger partial charge on any atom is -0.341 e. The van der Waals surface area contributed by atoms with Gasteiger partial charge in [-0.25, -0.2) is 8.78 Å². The van der Waals surface area contributed by atoms with Gasteiger partial charge in [0.15, 0.2) is 5.69 Å². The van der Waals surface area contributed by atoms with E-state index in [2.05, 4.69) is 15.5 Å². The number of hydrogen-bond donors (Lipinski definition) is 2. The molecule has 1 aromatic carbocycles. The summed E-state index contributed by atoms with van der Waals surface area (Å²) in [6.07, 6.45) is 1.08. The summed E-state index contributed by atoms with van der Waals surface area (Å²) in [5, 5.41) is 9.37. The zero-order valence-corrected chi connectivity index (χ0v) is 11.9. The number of nitrogens with one attached hydrogen (secondary N) is 2. The molecule has 0 saturated heterocycles. The van der Waals surface area contributed by atoms with E-state index in [-0.39, 0.29) is 16.3 Å². The summed E-state index contributed by atoms with van der Waals surface area (Å²) in [5.74, 6) is -1.59. The third-order valence-electron chi connectivity index (χ3n) is 3.63. The molecule has 0 spiro atoms. The van der Waals surface area contributed by atoms with E-state index in [0.717, 1.165) is 18.2 Å². The van der Waals surface area contributed by atoms with E-state index in [9.17, 15) is 13.6 Å². The van der Waals surface area contributed by atoms with Crippen LogP contribution in [-0.4, -0.2) is 16.1 Å². The van der Waals surface area contributed by atoms with Crippen molar-refractivity contribution in [1.82, 2.24) is 15.5 Å². The number of aryl methyl sites for hydroxylation is 1. The van der Waals surface area contributed by atoms with E-state index >= 15 is 0 Å². The smallest absolute Gasteiger partial charge is 0.274 e. The lowest BCUT2D eigenvalue weighted by atomic mass is 10.0. The second kappa shape index (κ2) is 4.80. The largest absolute Gasteiger partial charge is 0.341 e. The number of amides is 1. The van der Waals surface area contributed by atoms with Crippen molar-refractivity contribution in [3.05, 3.63) is 51.8 Å². The number of carbonyl (C=O) groups excluding carboxylic acids is 1. The fourth-order valence-electron chi connectivity index (χ4n) is 2.29. The van der Waals surface area contributed by atoms with Gasteiger partial charge in [0, 0.05) is 5.56 Å². The van der Waals surface area contributed by atoms with E-state index in [1.54, 1.807) is 6.92 Å². The van der Waals surface area contributed by atoms with Crippen LogP contribution in [0.3, 0.4) is 0 Å². The number of aromatic nitrogens is 2. The highest BCUT2D eigenvalue weighted by molar-refractivity contribution is 6.34. The van der Waals surface area contributed by atoms with Gasteiger partial charge >= 0.3 is 0 Å². The van der Waals surface area contributed by atoms with Crippen LogP contribution in [0.1, 0.15) is 34.6 Å². The number of nitrogens with zero attached hydrogens (tertiary/aromatic N) is 1. The zero-order valence-electron chi connectivity index (χ0n) is 11.1. The molecule has 0 radical (unpaired) electrons. The molecule has 0 atom stereocenters. The molecule has 7 heteroatoms. The predicted molar refractivity (Wildman–Crippen MR) is 73.1 cm³/mol. The second-order valence-corrected chi connectivity index (χ2v) is 5.55. The van der Waals surface area contributed by atoms with Crippen LogP contribution in [0, 0.1) is 18.6 Å². The van der Waals surface area contributed by atoms with Gasteiger partial charge in [0.1, 0.15) is 11.6 Å². The van der Waals surface area contributed by atoms with Gasteiger partial charge in [-0.05, 0) is 38.0 Å². The quantitative estimate of drug-likeness (QED) is 0.915. The van der Waals surface area contributed by atoms with Crippen molar-refractivity contribution in [2.75, 3.05) is 0 Å². The summed E-state index contributed by atoms with van der Waals surface area (Å²) < 4.78 is 27.2. The third-order valence-corrected chi connectivity index (χ3v) is 4.10. The Hall–Kier alpha value is -1.95. The van der Waals surface area contributed by atoms with Gasteiger partial charge in [-0.3, -0.25) is 9.89 Å². The summed E-state index contributed by atoms with van der Waals surface area (Å²) in [4.78, 5) is 12.2. The van der Waals surface area contributed by atoms with Crippen LogP contribution in [0.25, 0.3) is 0 Å². The van der Waals surface area contributed by atoms with Gasteiger partial charge in [-0.1, -0.05) is 11.6 Å². The van der Waals surface area contributed by atoms with Gasteiger partial charge in [0.25, 0.3) is 5.91 Å². The first-order valence-electron chi connectivity index (χ1n) is 6.41. The first-order chi connectivity index (χ1) is 9.93. The number of rotatable bonds is 3. The number of halogens is 3. The molecule has 4 nitrogen and oxygen atoms in total. The minimum absolute atomic E-state index is 0.0530. The number of aromatic amines is 1. The highest BCUT2D eigenvalue weighted by Gasteiger charge is 2.48. The van der Waals surface area contributed by atoms with Crippen molar-refractivity contribution < 1.29 is 13.6 Å². The molecule has 2 aromatic rings. The van der Waals surface area contributed by atoms with E-state index in [1.165, 1.54) is 0 Å². The summed E-state index contributed by atoms with van der Waals surface area (Å²) in [5.41, 5.74) is -0.0977. The van der Waals surface area contributed by atoms with Gasteiger partial charge in [-0.2, -0.15) is 5.10 Å². The van der Waals surface area contributed by atoms with Gasteiger partial charge in [0.05, 0.1) is 16.3 Å². The molecule has 1 aromatic heterocycles. The average molecular weight is 312 g/mol. The normalized spacial score (nSPS) is 15.8. The maximum absolute atomic E-state index is 13.9. The van der Waals surface area contributed by atoms with Gasteiger partial charge in [0.2, 0.25) is 0 Å². The van der Waals surface area contributed by atoms with Gasteiger partial charge < -0.3 is 5.32 Å². The maximum atomic E-state index is 13.9. The standard InChI is InChI=1S/C14H12ClF2N3O/c1-7-11(15)12(20-19-7)13(21)18-14(4-5-14)9-6-8(16)2-3-10(9)17/h2-3,6H,4-5H2,1H3,(H,18,21)(H,19,20). The first-order valence-corrected chi connectivity index (χ1v) is 6.79. The van der Waals surface area contributed by atoms with Crippen molar-refractivity contribution in [3.63, 3.8) is 0 Å². The van der Waals surface area contributed by atoms with E-state index in [0.29, 0.717) is 18.5 Å². The summed E-state index contributed by atoms with van der Waals surface area (Å²) in [6, 6.07) is 3.22. The zero-order chi connectivity index (χ0) is 15.2. The highest BCUT2D eigenvalue weighted by atomic mass is 35.5. The van der Waals surface area contributed by atoms with E-state index in [4.69, 9.17) is 11.6 Å². The Morgan fingerprint density at radius 2 is 2.14 bits per heavy atom. The highest BCUT2D eigenvalue weighted by Crippen LogP contribution is 2.46. The minimum atomic E-state index is -0.876. The van der Waals surface area contributed by atoms with Gasteiger partial charge in [-0.15, -0.1) is 0 Å². The molecular formula is C14H12ClF2N3O. The predicted octanol–water partition coefficient (Wildman–Crippen LogP) is 3.07. The van der Waals surface area contributed by atoms with Crippen molar-refractivity contribution in [3.8, 4) is 0 Å². The van der Waals surface area contributed by atoms with Crippen LogP contribution in [0.4, 0.5) is 8.78 Å². The lowest BCUT2D eigenvalue weighted by Gasteiger charge is -2.18. The molecule has 21 heavy (non-hydrogen) atoms. The SMILES string of the molecule is Cc1[nH]nc(C(=O)NC2(c3cc(F)ccc3F)CC2)c1Cl. The molecule has 1 aliphatic carbocycles. The average Bonchev–Trinajstić information content (AvgIpc) is 3.14. The van der Waals surface area contributed by atoms with Crippen molar-refractivity contribution in [2.45, 2.75) is 25.3 Å². The number of carbonyl (C=O) groups is 1. The number of hydrogen-bond acceptors (Lipinski definition) is 2. The van der Waals surface area contributed by atoms with Crippen LogP contribution in [-0.2, 0) is 5.54 Å². The maximum Gasteiger partial charge on any atom is 0.274 e. The molecule has 2 N–H and O–H groups in total. The number of H-pyrrole nitrogens is 1. The van der Waals surface area contributed by atoms with Crippen molar-refractivity contribution in [1.29, 1.82) is 0 Å². The molecule has 110 valence electrons.